The van der Waals surface area contributed by atoms with Crippen LogP contribution < -0.4 is 11.1 Å². The van der Waals surface area contributed by atoms with E-state index in [4.69, 9.17) is 5.73 Å². The first kappa shape index (κ1) is 22.0. The summed E-state index contributed by atoms with van der Waals surface area (Å²) in [6.07, 6.45) is 1.61. The van der Waals surface area contributed by atoms with E-state index in [1.165, 1.54) is 17.8 Å². The fraction of sp³-hybridized carbons (Fsp3) is 0.278. The minimum absolute atomic E-state index is 0. The quantitative estimate of drug-likeness (QED) is 0.400. The van der Waals surface area contributed by atoms with Crippen LogP contribution in [0.4, 0.5) is 5.69 Å². The summed E-state index contributed by atoms with van der Waals surface area (Å²) in [5.74, 6) is -0.313. The summed E-state index contributed by atoms with van der Waals surface area (Å²) < 4.78 is 0. The summed E-state index contributed by atoms with van der Waals surface area (Å²) in [6.45, 7) is 3.06. The Morgan fingerprint density at radius 3 is 2.50 bits per heavy atom. The molecule has 0 aliphatic carbocycles. The summed E-state index contributed by atoms with van der Waals surface area (Å²) >= 11 is 1.31. The average Bonchev–Trinajstić information content (AvgIpc) is 2.60. The fourth-order valence-corrected chi connectivity index (χ4v) is 3.09. The van der Waals surface area contributed by atoms with Crippen molar-refractivity contribution in [2.45, 2.75) is 29.6 Å². The maximum absolute atomic E-state index is 12.1. The van der Waals surface area contributed by atoms with Gasteiger partial charge in [-0.15, -0.1) is 12.4 Å². The molecule has 8 heteroatoms. The largest absolute Gasteiger partial charge is 0.352 e. The lowest BCUT2D eigenvalue weighted by Gasteiger charge is -2.07. The number of nitro groups is 1. The van der Waals surface area contributed by atoms with Crippen LogP contribution in [-0.2, 0) is 0 Å². The van der Waals surface area contributed by atoms with Crippen molar-refractivity contribution in [1.29, 1.82) is 0 Å². The Morgan fingerprint density at radius 2 is 1.88 bits per heavy atom. The van der Waals surface area contributed by atoms with E-state index in [0.29, 0.717) is 18.0 Å². The lowest BCUT2D eigenvalue weighted by Crippen LogP contribution is -2.24. The molecule has 0 bridgehead atoms. The number of unbranched alkanes of at least 4 members (excludes halogenated alkanes) is 1. The Morgan fingerprint density at radius 1 is 1.19 bits per heavy atom. The van der Waals surface area contributed by atoms with Crippen LogP contribution in [0.15, 0.2) is 52.3 Å². The lowest BCUT2D eigenvalue weighted by atomic mass is 10.2. The summed E-state index contributed by atoms with van der Waals surface area (Å²) in [5, 5.41) is 14.1. The maximum Gasteiger partial charge on any atom is 0.284 e. The summed E-state index contributed by atoms with van der Waals surface area (Å²) in [7, 11) is 0. The van der Waals surface area contributed by atoms with Gasteiger partial charge in [-0.05, 0) is 50.6 Å². The predicted octanol–water partition coefficient (Wildman–Crippen LogP) is 3.94. The number of rotatable bonds is 8. The van der Waals surface area contributed by atoms with Crippen molar-refractivity contribution in [1.82, 2.24) is 5.32 Å². The Kier molecular flexibility index (Phi) is 9.12. The molecule has 2 aromatic rings. The molecule has 0 saturated heterocycles. The zero-order valence-corrected chi connectivity index (χ0v) is 16.1. The van der Waals surface area contributed by atoms with E-state index >= 15 is 0 Å². The van der Waals surface area contributed by atoms with Crippen LogP contribution in [0.25, 0.3) is 0 Å². The van der Waals surface area contributed by atoms with Crippen LogP contribution in [-0.4, -0.2) is 23.9 Å². The van der Waals surface area contributed by atoms with Gasteiger partial charge in [0.1, 0.15) is 0 Å². The molecular weight excluding hydrogens is 374 g/mol. The van der Waals surface area contributed by atoms with Gasteiger partial charge in [0.05, 0.1) is 9.82 Å². The van der Waals surface area contributed by atoms with E-state index in [-0.39, 0.29) is 29.6 Å². The molecule has 0 unspecified atom stereocenters. The van der Waals surface area contributed by atoms with Crippen LogP contribution in [0.2, 0.25) is 0 Å². The molecule has 0 atom stereocenters. The van der Waals surface area contributed by atoms with E-state index in [1.54, 1.807) is 12.1 Å². The number of amides is 1. The summed E-state index contributed by atoms with van der Waals surface area (Å²) in [4.78, 5) is 24.5. The number of nitrogens with one attached hydrogen (secondary N) is 1. The Bertz CT molecular complexity index is 754. The van der Waals surface area contributed by atoms with Crippen LogP contribution in [0.5, 0.6) is 0 Å². The molecule has 26 heavy (non-hydrogen) atoms. The number of nitro benzene ring substituents is 1. The molecule has 6 nitrogen and oxygen atoms in total. The third kappa shape index (κ3) is 6.33. The van der Waals surface area contributed by atoms with E-state index < -0.39 is 4.92 Å². The zero-order valence-electron chi connectivity index (χ0n) is 14.4. The minimum atomic E-state index is -0.457. The van der Waals surface area contributed by atoms with Crippen molar-refractivity contribution in [2.75, 3.05) is 13.1 Å². The number of hydrogen-bond donors (Lipinski definition) is 2. The highest BCUT2D eigenvalue weighted by atomic mass is 35.5. The molecular formula is C18H22ClN3O3S. The van der Waals surface area contributed by atoms with E-state index in [0.717, 1.165) is 23.3 Å². The van der Waals surface area contributed by atoms with Crippen molar-refractivity contribution in [2.24, 2.45) is 5.73 Å². The van der Waals surface area contributed by atoms with Crippen LogP contribution in [0.3, 0.4) is 0 Å². The van der Waals surface area contributed by atoms with Gasteiger partial charge in [0.15, 0.2) is 0 Å². The van der Waals surface area contributed by atoms with Gasteiger partial charge < -0.3 is 11.1 Å². The molecule has 1 amide bonds. The normalized spacial score (nSPS) is 10.1. The second kappa shape index (κ2) is 10.8. The molecule has 0 saturated carbocycles. The molecule has 3 N–H and O–H groups in total. The molecule has 0 aliphatic rings. The second-order valence-corrected chi connectivity index (χ2v) is 6.72. The van der Waals surface area contributed by atoms with Crippen molar-refractivity contribution in [3.63, 3.8) is 0 Å². The first-order chi connectivity index (χ1) is 12.0. The number of hydrogen-bond acceptors (Lipinski definition) is 5. The van der Waals surface area contributed by atoms with Gasteiger partial charge in [0.25, 0.3) is 11.6 Å². The second-order valence-electron chi connectivity index (χ2n) is 5.61. The molecule has 0 aromatic heterocycles. The molecule has 0 aliphatic heterocycles. The number of carbonyl (C=O) groups is 1. The number of carbonyl (C=O) groups excluding carboxylic acids is 1. The highest BCUT2D eigenvalue weighted by Crippen LogP contribution is 2.35. The number of halogens is 1. The highest BCUT2D eigenvalue weighted by molar-refractivity contribution is 7.99. The third-order valence-corrected chi connectivity index (χ3v) is 4.66. The Labute approximate surface area is 163 Å². The van der Waals surface area contributed by atoms with Crippen molar-refractivity contribution in [3.8, 4) is 0 Å². The van der Waals surface area contributed by atoms with Crippen LogP contribution in [0, 0.1) is 17.0 Å². The van der Waals surface area contributed by atoms with E-state index in [1.807, 2.05) is 31.2 Å². The summed E-state index contributed by atoms with van der Waals surface area (Å²) in [6, 6.07) is 12.3. The van der Waals surface area contributed by atoms with E-state index in [2.05, 4.69) is 5.32 Å². The monoisotopic (exact) mass is 395 g/mol. The molecule has 0 fully saturated rings. The molecule has 140 valence electrons. The topological polar surface area (TPSA) is 98.3 Å². The van der Waals surface area contributed by atoms with Gasteiger partial charge >= 0.3 is 0 Å². The molecule has 2 aromatic carbocycles. The van der Waals surface area contributed by atoms with Gasteiger partial charge in [-0.2, -0.15) is 0 Å². The van der Waals surface area contributed by atoms with Gasteiger partial charge in [0, 0.05) is 23.1 Å². The lowest BCUT2D eigenvalue weighted by molar-refractivity contribution is -0.387. The Hall–Kier alpha value is -2.09. The van der Waals surface area contributed by atoms with Gasteiger partial charge in [-0.1, -0.05) is 29.5 Å². The number of aryl methyl sites for hydroxylation is 1. The van der Waals surface area contributed by atoms with E-state index in [9.17, 15) is 14.9 Å². The smallest absolute Gasteiger partial charge is 0.284 e. The zero-order chi connectivity index (χ0) is 18.2. The maximum atomic E-state index is 12.1. The average molecular weight is 396 g/mol. The van der Waals surface area contributed by atoms with Gasteiger partial charge in [-0.25, -0.2) is 0 Å². The van der Waals surface area contributed by atoms with Crippen LogP contribution in [0.1, 0.15) is 28.8 Å². The number of benzene rings is 2. The Balaban J connectivity index is 0.00000338. The van der Waals surface area contributed by atoms with Crippen LogP contribution >= 0.6 is 24.2 Å². The molecule has 2 rings (SSSR count). The number of nitrogens with zero attached hydrogens (tertiary/aromatic N) is 1. The molecule has 0 radical (unpaired) electrons. The SMILES string of the molecule is Cc1ccc(Sc2ccc(C(=O)NCCCCN)cc2[N+](=O)[O-])cc1.Cl. The highest BCUT2D eigenvalue weighted by Gasteiger charge is 2.18. The fourth-order valence-electron chi connectivity index (χ4n) is 2.19. The van der Waals surface area contributed by atoms with Gasteiger partial charge in [-0.3, -0.25) is 14.9 Å². The minimum Gasteiger partial charge on any atom is -0.352 e. The third-order valence-electron chi connectivity index (χ3n) is 3.58. The van der Waals surface area contributed by atoms with Crippen molar-refractivity contribution < 1.29 is 9.72 Å². The van der Waals surface area contributed by atoms with Crippen molar-refractivity contribution >= 4 is 35.8 Å². The number of nitrogens with two attached hydrogens (primary N) is 1. The first-order valence-electron chi connectivity index (χ1n) is 8.02. The predicted molar refractivity (Wildman–Crippen MR) is 106 cm³/mol. The van der Waals surface area contributed by atoms with Gasteiger partial charge in [0.2, 0.25) is 0 Å². The first-order valence-corrected chi connectivity index (χ1v) is 8.84. The molecule has 0 spiro atoms. The van der Waals surface area contributed by atoms with Crippen molar-refractivity contribution in [3.05, 3.63) is 63.7 Å². The molecule has 0 heterocycles. The summed E-state index contributed by atoms with van der Waals surface area (Å²) in [5.41, 5.74) is 6.75. The standard InChI is InChI=1S/C18H21N3O3S.ClH/c1-13-4-7-15(8-5-13)25-17-9-6-14(12-16(17)21(23)24)18(22)20-11-3-2-10-19;/h4-9,12H,2-3,10-11,19H2,1H3,(H,20,22);1H.